The summed E-state index contributed by atoms with van der Waals surface area (Å²) in [4.78, 5) is 12.1. The molecule has 6 nitrogen and oxygen atoms in total. The summed E-state index contributed by atoms with van der Waals surface area (Å²) < 4.78 is 37.4. The van der Waals surface area contributed by atoms with Crippen molar-refractivity contribution in [2.45, 2.75) is 25.7 Å². The number of carbonyl (C=O) groups excluding carboxylic acids is 1. The molecule has 0 N–H and O–H groups in total. The highest BCUT2D eigenvalue weighted by Crippen LogP contribution is 2.27. The molecular weight excluding hydrogens is 354 g/mol. The Morgan fingerprint density at radius 2 is 1.62 bits per heavy atom. The molecular formula is C19H23NO5S. The Morgan fingerprint density at radius 1 is 1.04 bits per heavy atom. The fourth-order valence-electron chi connectivity index (χ4n) is 2.61. The normalized spacial score (nSPS) is 11.1. The number of aryl methyl sites for hydroxylation is 2. The molecule has 0 radical (unpaired) electrons. The van der Waals surface area contributed by atoms with E-state index in [-0.39, 0.29) is 11.5 Å². The van der Waals surface area contributed by atoms with Crippen molar-refractivity contribution < 1.29 is 22.7 Å². The Labute approximate surface area is 154 Å². The summed E-state index contributed by atoms with van der Waals surface area (Å²) in [6.07, 6.45) is 0. The second-order valence-corrected chi connectivity index (χ2v) is 7.70. The molecule has 0 saturated carbocycles. The van der Waals surface area contributed by atoms with E-state index >= 15 is 0 Å². The van der Waals surface area contributed by atoms with Crippen molar-refractivity contribution in [1.29, 1.82) is 0 Å². The summed E-state index contributed by atoms with van der Waals surface area (Å²) in [6.45, 7) is 5.21. The number of nitrogens with zero attached hydrogens (tertiary/aromatic N) is 1. The van der Waals surface area contributed by atoms with E-state index in [4.69, 9.17) is 9.47 Å². The topological polar surface area (TPSA) is 72.9 Å². The van der Waals surface area contributed by atoms with Crippen molar-refractivity contribution in [2.24, 2.45) is 0 Å². The van der Waals surface area contributed by atoms with E-state index in [9.17, 15) is 13.2 Å². The SMILES string of the molecule is CCOC(=O)CN(c1cc(C)cc(C)c1)S(=O)(=O)c1ccc(OC)cc1. The second-order valence-electron chi connectivity index (χ2n) is 5.84. The first-order valence-corrected chi connectivity index (χ1v) is 9.62. The zero-order valence-electron chi connectivity index (χ0n) is 15.4. The van der Waals surface area contributed by atoms with Gasteiger partial charge in [-0.05, 0) is 68.3 Å². The molecule has 0 amide bonds. The van der Waals surface area contributed by atoms with Gasteiger partial charge in [0, 0.05) is 0 Å². The summed E-state index contributed by atoms with van der Waals surface area (Å²) in [5, 5.41) is 0. The van der Waals surface area contributed by atoms with E-state index in [1.807, 2.05) is 19.9 Å². The van der Waals surface area contributed by atoms with Crippen molar-refractivity contribution in [1.82, 2.24) is 0 Å². The number of hydrogen-bond acceptors (Lipinski definition) is 5. The predicted octanol–water partition coefficient (Wildman–Crippen LogP) is 3.07. The van der Waals surface area contributed by atoms with E-state index in [1.54, 1.807) is 31.2 Å². The lowest BCUT2D eigenvalue weighted by atomic mass is 10.1. The quantitative estimate of drug-likeness (QED) is 0.694. The number of esters is 1. The molecule has 0 aliphatic rings. The predicted molar refractivity (Wildman–Crippen MR) is 100 cm³/mol. The maximum atomic E-state index is 13.2. The minimum atomic E-state index is -3.95. The lowest BCUT2D eigenvalue weighted by molar-refractivity contribution is -0.141. The monoisotopic (exact) mass is 377 g/mol. The van der Waals surface area contributed by atoms with Crippen LogP contribution in [0.25, 0.3) is 0 Å². The smallest absolute Gasteiger partial charge is 0.326 e. The summed E-state index contributed by atoms with van der Waals surface area (Å²) in [5.41, 5.74) is 2.23. The van der Waals surface area contributed by atoms with Crippen molar-refractivity contribution in [3.8, 4) is 5.75 Å². The first kappa shape index (κ1) is 19.8. The van der Waals surface area contributed by atoms with Gasteiger partial charge in [0.15, 0.2) is 0 Å². The third-order valence-electron chi connectivity index (χ3n) is 3.72. The van der Waals surface area contributed by atoms with Crippen LogP contribution in [0, 0.1) is 13.8 Å². The van der Waals surface area contributed by atoms with E-state index in [0.717, 1.165) is 15.4 Å². The van der Waals surface area contributed by atoms with Crippen LogP contribution in [0.3, 0.4) is 0 Å². The molecule has 0 fully saturated rings. The van der Waals surface area contributed by atoms with Crippen molar-refractivity contribution >= 4 is 21.7 Å². The van der Waals surface area contributed by atoms with E-state index in [0.29, 0.717) is 11.4 Å². The van der Waals surface area contributed by atoms with Gasteiger partial charge < -0.3 is 9.47 Å². The zero-order valence-corrected chi connectivity index (χ0v) is 16.2. The molecule has 26 heavy (non-hydrogen) atoms. The van der Waals surface area contributed by atoms with E-state index < -0.39 is 22.5 Å². The van der Waals surface area contributed by atoms with Crippen molar-refractivity contribution in [3.63, 3.8) is 0 Å². The lowest BCUT2D eigenvalue weighted by Crippen LogP contribution is -2.36. The molecule has 0 unspecified atom stereocenters. The first-order valence-electron chi connectivity index (χ1n) is 8.18. The number of ether oxygens (including phenoxy) is 2. The van der Waals surface area contributed by atoms with E-state index in [1.165, 1.54) is 19.2 Å². The number of carbonyl (C=O) groups is 1. The molecule has 0 heterocycles. The van der Waals surface area contributed by atoms with Gasteiger partial charge in [0.25, 0.3) is 10.0 Å². The average Bonchev–Trinajstić information content (AvgIpc) is 2.59. The molecule has 0 aromatic heterocycles. The molecule has 0 saturated heterocycles. The van der Waals surface area contributed by atoms with E-state index in [2.05, 4.69) is 0 Å². The van der Waals surface area contributed by atoms with Gasteiger partial charge in [-0.25, -0.2) is 8.42 Å². The highest BCUT2D eigenvalue weighted by Gasteiger charge is 2.28. The third kappa shape index (κ3) is 4.54. The molecule has 2 aromatic carbocycles. The van der Waals surface area contributed by atoms with Crippen LogP contribution in [0.4, 0.5) is 5.69 Å². The highest BCUT2D eigenvalue weighted by atomic mass is 32.2. The molecule has 7 heteroatoms. The van der Waals surface area contributed by atoms with Gasteiger partial charge in [-0.1, -0.05) is 6.07 Å². The van der Waals surface area contributed by atoms with Gasteiger partial charge in [0.1, 0.15) is 12.3 Å². The van der Waals surface area contributed by atoms with Gasteiger partial charge in [0.2, 0.25) is 0 Å². The van der Waals surface area contributed by atoms with Crippen LogP contribution in [0.2, 0.25) is 0 Å². The number of benzene rings is 2. The Kier molecular flexibility index (Phi) is 6.26. The van der Waals surface area contributed by atoms with Crippen LogP contribution in [-0.4, -0.2) is 34.6 Å². The summed E-state index contributed by atoms with van der Waals surface area (Å²) in [6, 6.07) is 11.4. The zero-order chi connectivity index (χ0) is 19.3. The maximum Gasteiger partial charge on any atom is 0.326 e. The fourth-order valence-corrected chi connectivity index (χ4v) is 4.00. The number of methoxy groups -OCH3 is 1. The van der Waals surface area contributed by atoms with Crippen LogP contribution in [0.1, 0.15) is 18.1 Å². The standard InChI is InChI=1S/C19H23NO5S/c1-5-25-19(21)13-20(16-11-14(2)10-15(3)12-16)26(22,23)18-8-6-17(24-4)7-9-18/h6-12H,5,13H2,1-4H3. The Hall–Kier alpha value is -2.54. The summed E-state index contributed by atoms with van der Waals surface area (Å²) in [5.74, 6) is -0.0592. The Morgan fingerprint density at radius 3 is 2.12 bits per heavy atom. The fraction of sp³-hybridized carbons (Fsp3) is 0.316. The minimum absolute atomic E-state index is 0.0711. The van der Waals surface area contributed by atoms with Crippen LogP contribution in [0.5, 0.6) is 5.75 Å². The number of hydrogen-bond donors (Lipinski definition) is 0. The molecule has 140 valence electrons. The summed E-state index contributed by atoms with van der Waals surface area (Å²) in [7, 11) is -2.44. The third-order valence-corrected chi connectivity index (χ3v) is 5.51. The number of rotatable bonds is 7. The molecule has 2 rings (SSSR count). The Bertz CT molecular complexity index is 855. The molecule has 2 aromatic rings. The van der Waals surface area contributed by atoms with Crippen LogP contribution >= 0.6 is 0 Å². The minimum Gasteiger partial charge on any atom is -0.497 e. The molecule has 0 aliphatic heterocycles. The largest absolute Gasteiger partial charge is 0.497 e. The first-order chi connectivity index (χ1) is 12.3. The van der Waals surface area contributed by atoms with Crippen molar-refractivity contribution in [2.75, 3.05) is 24.6 Å². The summed E-state index contributed by atoms with van der Waals surface area (Å²) >= 11 is 0. The molecule has 0 atom stereocenters. The van der Waals surface area contributed by atoms with Gasteiger partial charge in [-0.2, -0.15) is 0 Å². The van der Waals surface area contributed by atoms with Gasteiger partial charge in [-0.15, -0.1) is 0 Å². The lowest BCUT2D eigenvalue weighted by Gasteiger charge is -2.24. The van der Waals surface area contributed by atoms with Gasteiger partial charge in [-0.3, -0.25) is 9.10 Å². The molecule has 0 bridgehead atoms. The van der Waals surface area contributed by atoms with Crippen LogP contribution < -0.4 is 9.04 Å². The highest BCUT2D eigenvalue weighted by molar-refractivity contribution is 7.92. The number of anilines is 1. The average molecular weight is 377 g/mol. The molecule has 0 aliphatic carbocycles. The van der Waals surface area contributed by atoms with Gasteiger partial charge >= 0.3 is 5.97 Å². The van der Waals surface area contributed by atoms with Gasteiger partial charge in [0.05, 0.1) is 24.3 Å². The maximum absolute atomic E-state index is 13.2. The Balaban J connectivity index is 2.51. The second kappa shape index (κ2) is 8.23. The van der Waals surface area contributed by atoms with Crippen LogP contribution in [0.15, 0.2) is 47.4 Å². The van der Waals surface area contributed by atoms with Crippen molar-refractivity contribution in [3.05, 3.63) is 53.6 Å². The molecule has 0 spiro atoms. The van der Waals surface area contributed by atoms with Crippen LogP contribution in [-0.2, 0) is 19.6 Å². The number of sulfonamides is 1.